The molecule has 1 unspecified atom stereocenters. The van der Waals surface area contributed by atoms with Crippen molar-refractivity contribution in [2.45, 2.75) is 65.5 Å². The van der Waals surface area contributed by atoms with Crippen molar-refractivity contribution < 1.29 is 27.5 Å². The molecule has 0 aromatic heterocycles. The first-order chi connectivity index (χ1) is 18.7. The number of unbranched alkanes of at least 4 members (excludes halogenated alkanes) is 1. The summed E-state index contributed by atoms with van der Waals surface area (Å²) in [6, 6.07) is 12.2. The standard InChI is InChI=1S/C29H41N3O6S/c1-5-7-16-30-29(34)25(6-2)31(21-23-12-9-8-11-22(23)3)28(33)13-10-17-32(39(4,35)36)24-14-15-26-27(20-24)38-19-18-37-26/h8-9,11-12,14-15,20,25H,5-7,10,13,16-19,21H2,1-4H3,(H,30,34). The third kappa shape index (κ3) is 8.36. The number of sulfonamides is 1. The van der Waals surface area contributed by atoms with Crippen LogP contribution in [-0.4, -0.2) is 63.7 Å². The SMILES string of the molecule is CCCCNC(=O)C(CC)N(Cc1ccccc1C)C(=O)CCCN(c1ccc2c(c1)OCCO2)S(C)(=O)=O. The molecule has 2 aromatic carbocycles. The van der Waals surface area contributed by atoms with E-state index in [1.807, 2.05) is 38.1 Å². The number of nitrogens with zero attached hydrogens (tertiary/aromatic N) is 2. The monoisotopic (exact) mass is 559 g/mol. The molecular formula is C29H41N3O6S. The lowest BCUT2D eigenvalue weighted by Crippen LogP contribution is -2.49. The summed E-state index contributed by atoms with van der Waals surface area (Å²) in [6.07, 6.45) is 3.84. The summed E-state index contributed by atoms with van der Waals surface area (Å²) in [6.45, 7) is 7.77. The van der Waals surface area contributed by atoms with Gasteiger partial charge in [-0.2, -0.15) is 0 Å². The molecule has 1 N–H and O–H groups in total. The lowest BCUT2D eigenvalue weighted by atomic mass is 10.1. The summed E-state index contributed by atoms with van der Waals surface area (Å²) in [5, 5.41) is 2.97. The maximum absolute atomic E-state index is 13.6. The molecule has 0 spiro atoms. The Kier molecular flexibility index (Phi) is 11.0. The number of benzene rings is 2. The number of hydrogen-bond acceptors (Lipinski definition) is 6. The van der Waals surface area contributed by atoms with Crippen LogP contribution in [0, 0.1) is 6.92 Å². The van der Waals surface area contributed by atoms with E-state index in [-0.39, 0.29) is 24.8 Å². The van der Waals surface area contributed by atoms with Crippen LogP contribution in [0.2, 0.25) is 0 Å². The van der Waals surface area contributed by atoms with Crippen LogP contribution >= 0.6 is 0 Å². The summed E-state index contributed by atoms with van der Waals surface area (Å²) >= 11 is 0. The van der Waals surface area contributed by atoms with Gasteiger partial charge >= 0.3 is 0 Å². The number of hydrogen-bond donors (Lipinski definition) is 1. The molecule has 0 saturated heterocycles. The fraction of sp³-hybridized carbons (Fsp3) is 0.517. The van der Waals surface area contributed by atoms with E-state index in [4.69, 9.17) is 9.47 Å². The number of fused-ring (bicyclic) bond motifs is 1. The minimum Gasteiger partial charge on any atom is -0.486 e. The first kappa shape index (κ1) is 30.3. The van der Waals surface area contributed by atoms with Crippen molar-refractivity contribution in [3.05, 3.63) is 53.6 Å². The minimum atomic E-state index is -3.62. The Hall–Kier alpha value is -3.27. The number of ether oxygens (including phenoxy) is 2. The summed E-state index contributed by atoms with van der Waals surface area (Å²) in [4.78, 5) is 28.3. The van der Waals surface area contributed by atoms with Gasteiger partial charge in [0.15, 0.2) is 11.5 Å². The van der Waals surface area contributed by atoms with Crippen molar-refractivity contribution in [3.63, 3.8) is 0 Å². The lowest BCUT2D eigenvalue weighted by Gasteiger charge is -2.31. The predicted octanol–water partition coefficient (Wildman–Crippen LogP) is 4.04. The summed E-state index contributed by atoms with van der Waals surface area (Å²) in [7, 11) is -3.62. The zero-order valence-electron chi connectivity index (χ0n) is 23.4. The van der Waals surface area contributed by atoms with Crippen LogP contribution in [0.5, 0.6) is 11.5 Å². The second-order valence-electron chi connectivity index (χ2n) is 9.78. The molecule has 3 rings (SSSR count). The van der Waals surface area contributed by atoms with Gasteiger partial charge in [0, 0.05) is 32.1 Å². The molecule has 214 valence electrons. The topological polar surface area (TPSA) is 105 Å². The third-order valence-corrected chi connectivity index (χ3v) is 7.98. The molecule has 2 amide bonds. The molecule has 1 aliphatic heterocycles. The second kappa shape index (κ2) is 14.2. The Morgan fingerprint density at radius 1 is 1.03 bits per heavy atom. The van der Waals surface area contributed by atoms with Gasteiger partial charge < -0.3 is 19.7 Å². The smallest absolute Gasteiger partial charge is 0.242 e. The van der Waals surface area contributed by atoms with Gasteiger partial charge in [-0.1, -0.05) is 44.5 Å². The Morgan fingerprint density at radius 2 is 1.74 bits per heavy atom. The highest BCUT2D eigenvalue weighted by atomic mass is 32.2. The van der Waals surface area contributed by atoms with Crippen molar-refractivity contribution in [2.24, 2.45) is 0 Å². The van der Waals surface area contributed by atoms with Crippen molar-refractivity contribution in [3.8, 4) is 11.5 Å². The Bertz CT molecular complexity index is 1230. The maximum Gasteiger partial charge on any atom is 0.242 e. The van der Waals surface area contributed by atoms with Gasteiger partial charge in [0.25, 0.3) is 0 Å². The van der Waals surface area contributed by atoms with Crippen LogP contribution in [0.15, 0.2) is 42.5 Å². The number of aryl methyl sites for hydroxylation is 1. The van der Waals surface area contributed by atoms with E-state index in [0.717, 1.165) is 30.2 Å². The van der Waals surface area contributed by atoms with E-state index < -0.39 is 16.1 Å². The Balaban J connectivity index is 1.76. The first-order valence-corrected chi connectivity index (χ1v) is 15.5. The largest absolute Gasteiger partial charge is 0.486 e. The van der Waals surface area contributed by atoms with Crippen molar-refractivity contribution in [2.75, 3.05) is 36.9 Å². The van der Waals surface area contributed by atoms with Gasteiger partial charge in [-0.15, -0.1) is 0 Å². The van der Waals surface area contributed by atoms with E-state index in [9.17, 15) is 18.0 Å². The van der Waals surface area contributed by atoms with Crippen molar-refractivity contribution in [1.82, 2.24) is 10.2 Å². The highest BCUT2D eigenvalue weighted by molar-refractivity contribution is 7.92. The van der Waals surface area contributed by atoms with E-state index in [1.54, 1.807) is 23.1 Å². The fourth-order valence-corrected chi connectivity index (χ4v) is 5.55. The maximum atomic E-state index is 13.6. The van der Waals surface area contributed by atoms with Gasteiger partial charge in [-0.3, -0.25) is 13.9 Å². The van der Waals surface area contributed by atoms with Gasteiger partial charge in [0.2, 0.25) is 21.8 Å². The molecule has 1 aliphatic rings. The Morgan fingerprint density at radius 3 is 2.41 bits per heavy atom. The van der Waals surface area contributed by atoms with Gasteiger partial charge in [0.05, 0.1) is 11.9 Å². The number of amides is 2. The molecule has 0 bridgehead atoms. The van der Waals surface area contributed by atoms with Crippen LogP contribution in [-0.2, 0) is 26.2 Å². The van der Waals surface area contributed by atoms with Gasteiger partial charge in [-0.25, -0.2) is 8.42 Å². The molecule has 9 nitrogen and oxygen atoms in total. The first-order valence-electron chi connectivity index (χ1n) is 13.6. The fourth-order valence-electron chi connectivity index (χ4n) is 4.59. The summed E-state index contributed by atoms with van der Waals surface area (Å²) in [5.41, 5.74) is 2.46. The van der Waals surface area contributed by atoms with Crippen LogP contribution in [0.4, 0.5) is 5.69 Å². The van der Waals surface area contributed by atoms with Crippen molar-refractivity contribution >= 4 is 27.5 Å². The highest BCUT2D eigenvalue weighted by Crippen LogP contribution is 2.34. The van der Waals surface area contributed by atoms with Crippen LogP contribution in [0.25, 0.3) is 0 Å². The average molecular weight is 560 g/mol. The summed E-state index contributed by atoms with van der Waals surface area (Å²) < 4.78 is 37.8. The number of rotatable bonds is 14. The molecule has 0 fully saturated rings. The van der Waals surface area contributed by atoms with E-state index >= 15 is 0 Å². The summed E-state index contributed by atoms with van der Waals surface area (Å²) in [5.74, 6) is 0.712. The Labute approximate surface area is 232 Å². The molecule has 1 heterocycles. The lowest BCUT2D eigenvalue weighted by molar-refractivity contribution is -0.141. The van der Waals surface area contributed by atoms with E-state index in [1.165, 1.54) is 4.31 Å². The molecule has 0 aliphatic carbocycles. The molecule has 1 atom stereocenters. The molecule has 10 heteroatoms. The highest BCUT2D eigenvalue weighted by Gasteiger charge is 2.29. The van der Waals surface area contributed by atoms with E-state index in [0.29, 0.717) is 56.3 Å². The molecular weight excluding hydrogens is 518 g/mol. The van der Waals surface area contributed by atoms with E-state index in [2.05, 4.69) is 12.2 Å². The normalized spacial score (nSPS) is 13.4. The number of carbonyl (C=O) groups excluding carboxylic acids is 2. The third-order valence-electron chi connectivity index (χ3n) is 6.78. The molecule has 0 saturated carbocycles. The quantitative estimate of drug-likeness (QED) is 0.351. The molecule has 0 radical (unpaired) electrons. The minimum absolute atomic E-state index is 0.0984. The molecule has 39 heavy (non-hydrogen) atoms. The van der Waals surface area contributed by atoms with Crippen molar-refractivity contribution in [1.29, 1.82) is 0 Å². The van der Waals surface area contributed by atoms with Gasteiger partial charge in [0.1, 0.15) is 19.3 Å². The zero-order valence-corrected chi connectivity index (χ0v) is 24.3. The predicted molar refractivity (Wildman–Crippen MR) is 153 cm³/mol. The van der Waals surface area contributed by atoms with Crippen LogP contribution < -0.4 is 19.1 Å². The van der Waals surface area contributed by atoms with Gasteiger partial charge in [-0.05, 0) is 49.4 Å². The number of carbonyl (C=O) groups is 2. The molecule has 2 aromatic rings. The average Bonchev–Trinajstić information content (AvgIpc) is 2.91. The van der Waals surface area contributed by atoms with Crippen LogP contribution in [0.1, 0.15) is 57.1 Å². The second-order valence-corrected chi connectivity index (χ2v) is 11.7. The zero-order chi connectivity index (χ0) is 28.4. The van der Waals surface area contributed by atoms with Crippen LogP contribution in [0.3, 0.4) is 0 Å². The number of anilines is 1. The number of nitrogens with one attached hydrogen (secondary N) is 1.